The zero-order valence-electron chi connectivity index (χ0n) is 10.1. The highest BCUT2D eigenvalue weighted by Crippen LogP contribution is 2.32. The number of thiophene rings is 1. The van der Waals surface area contributed by atoms with Crippen LogP contribution in [0.3, 0.4) is 0 Å². The molecule has 0 radical (unpaired) electrons. The van der Waals surface area contributed by atoms with Gasteiger partial charge in [0, 0.05) is 11.2 Å². The van der Waals surface area contributed by atoms with Crippen LogP contribution in [0.25, 0.3) is 20.9 Å². The maximum absolute atomic E-state index is 5.54. The van der Waals surface area contributed by atoms with Crippen LogP contribution in [-0.4, -0.2) is 11.5 Å². The highest BCUT2D eigenvalue weighted by molar-refractivity contribution is 7.22. The van der Waals surface area contributed by atoms with Crippen molar-refractivity contribution in [2.45, 2.75) is 13.5 Å². The molecule has 0 unspecified atom stereocenters. The van der Waals surface area contributed by atoms with Crippen molar-refractivity contribution < 1.29 is 4.42 Å². The van der Waals surface area contributed by atoms with E-state index in [-0.39, 0.29) is 0 Å². The highest BCUT2D eigenvalue weighted by Gasteiger charge is 2.09. The normalized spacial score (nSPS) is 11.2. The first-order valence-electron chi connectivity index (χ1n) is 6.01. The van der Waals surface area contributed by atoms with E-state index < -0.39 is 0 Å². The van der Waals surface area contributed by atoms with Gasteiger partial charge in [-0.15, -0.1) is 11.3 Å². The van der Waals surface area contributed by atoms with Gasteiger partial charge in [-0.05, 0) is 24.1 Å². The van der Waals surface area contributed by atoms with Crippen LogP contribution in [0.4, 0.5) is 0 Å². The topological polar surface area (TPSA) is 38.1 Å². The third kappa shape index (κ3) is 2.17. The molecule has 0 spiro atoms. The monoisotopic (exact) mass is 258 g/mol. The summed E-state index contributed by atoms with van der Waals surface area (Å²) in [6.45, 7) is 3.77. The predicted octanol–water partition coefficient (Wildman–Crippen LogP) is 3.67. The van der Waals surface area contributed by atoms with Crippen molar-refractivity contribution in [3.63, 3.8) is 0 Å². The van der Waals surface area contributed by atoms with E-state index in [9.17, 15) is 0 Å². The van der Waals surface area contributed by atoms with Crippen molar-refractivity contribution in [2.75, 3.05) is 6.54 Å². The van der Waals surface area contributed by atoms with Gasteiger partial charge in [0.2, 0.25) is 5.89 Å². The Kier molecular flexibility index (Phi) is 3.13. The summed E-state index contributed by atoms with van der Waals surface area (Å²) >= 11 is 1.71. The Hall–Kier alpha value is -1.65. The summed E-state index contributed by atoms with van der Waals surface area (Å²) in [7, 11) is 0. The molecule has 0 amide bonds. The molecule has 1 aromatic carbocycles. The Morgan fingerprint density at radius 1 is 1.33 bits per heavy atom. The SMILES string of the molecule is CCNCc1coc(-c2cc3ccccc3s2)n1. The molecule has 18 heavy (non-hydrogen) atoms. The Balaban J connectivity index is 1.91. The van der Waals surface area contributed by atoms with E-state index >= 15 is 0 Å². The minimum absolute atomic E-state index is 0.712. The van der Waals surface area contributed by atoms with E-state index in [1.54, 1.807) is 17.6 Å². The third-order valence-corrected chi connectivity index (χ3v) is 3.85. The van der Waals surface area contributed by atoms with Gasteiger partial charge in [-0.25, -0.2) is 4.98 Å². The summed E-state index contributed by atoms with van der Waals surface area (Å²) in [4.78, 5) is 5.58. The van der Waals surface area contributed by atoms with E-state index in [1.165, 1.54) is 10.1 Å². The Morgan fingerprint density at radius 2 is 2.22 bits per heavy atom. The van der Waals surface area contributed by atoms with Gasteiger partial charge in [0.05, 0.1) is 10.6 Å². The summed E-state index contributed by atoms with van der Waals surface area (Å²) < 4.78 is 6.80. The van der Waals surface area contributed by atoms with Crippen LogP contribution < -0.4 is 5.32 Å². The van der Waals surface area contributed by atoms with Gasteiger partial charge in [-0.1, -0.05) is 25.1 Å². The average molecular weight is 258 g/mol. The largest absolute Gasteiger partial charge is 0.444 e. The van der Waals surface area contributed by atoms with Crippen LogP contribution in [0.2, 0.25) is 0 Å². The summed E-state index contributed by atoms with van der Waals surface area (Å²) in [5.74, 6) is 0.712. The van der Waals surface area contributed by atoms with Crippen LogP contribution in [0.15, 0.2) is 41.0 Å². The highest BCUT2D eigenvalue weighted by atomic mass is 32.1. The first kappa shape index (κ1) is 11.4. The van der Waals surface area contributed by atoms with Gasteiger partial charge in [-0.2, -0.15) is 0 Å². The quantitative estimate of drug-likeness (QED) is 0.776. The molecule has 3 aromatic rings. The van der Waals surface area contributed by atoms with Gasteiger partial charge < -0.3 is 9.73 Å². The Labute approximate surface area is 109 Å². The van der Waals surface area contributed by atoms with Crippen LogP contribution in [-0.2, 0) is 6.54 Å². The lowest BCUT2D eigenvalue weighted by atomic mass is 10.2. The summed E-state index contributed by atoms with van der Waals surface area (Å²) in [5, 5.41) is 4.48. The van der Waals surface area contributed by atoms with E-state index in [2.05, 4.69) is 41.5 Å². The molecule has 0 aliphatic rings. The molecule has 0 atom stereocenters. The molecule has 92 valence electrons. The number of fused-ring (bicyclic) bond motifs is 1. The summed E-state index contributed by atoms with van der Waals surface area (Å²) in [5.41, 5.74) is 0.948. The van der Waals surface area contributed by atoms with Gasteiger partial charge in [0.25, 0.3) is 0 Å². The predicted molar refractivity (Wildman–Crippen MR) is 74.7 cm³/mol. The van der Waals surface area contributed by atoms with Gasteiger partial charge in [-0.3, -0.25) is 0 Å². The van der Waals surface area contributed by atoms with Crippen LogP contribution in [0.1, 0.15) is 12.6 Å². The molecule has 3 rings (SSSR count). The lowest BCUT2D eigenvalue weighted by Gasteiger charge is -1.93. The molecule has 0 saturated carbocycles. The standard InChI is InChI=1S/C14H14N2OS/c1-2-15-8-11-9-17-14(16-11)13-7-10-5-3-4-6-12(10)18-13/h3-7,9,15H,2,8H2,1H3. The molecule has 2 aromatic heterocycles. The van der Waals surface area contributed by atoms with Crippen molar-refractivity contribution in [3.8, 4) is 10.8 Å². The lowest BCUT2D eigenvalue weighted by molar-refractivity contribution is 0.572. The lowest BCUT2D eigenvalue weighted by Crippen LogP contribution is -2.11. The first-order chi connectivity index (χ1) is 8.86. The minimum atomic E-state index is 0.712. The van der Waals surface area contributed by atoms with Gasteiger partial charge >= 0.3 is 0 Å². The molecule has 0 aliphatic heterocycles. The van der Waals surface area contributed by atoms with E-state index in [0.717, 1.165) is 23.7 Å². The van der Waals surface area contributed by atoms with Crippen LogP contribution in [0, 0.1) is 0 Å². The minimum Gasteiger partial charge on any atom is -0.444 e. The molecule has 0 saturated heterocycles. The number of rotatable bonds is 4. The zero-order valence-corrected chi connectivity index (χ0v) is 11.0. The Bertz CT molecular complexity index is 623. The fraction of sp³-hybridized carbons (Fsp3) is 0.214. The summed E-state index contributed by atoms with van der Waals surface area (Å²) in [6, 6.07) is 10.5. The molecular formula is C14H14N2OS. The number of nitrogens with one attached hydrogen (secondary N) is 1. The first-order valence-corrected chi connectivity index (χ1v) is 6.82. The van der Waals surface area contributed by atoms with Crippen LogP contribution >= 0.6 is 11.3 Å². The number of hydrogen-bond donors (Lipinski definition) is 1. The van der Waals surface area contributed by atoms with Crippen molar-refractivity contribution in [3.05, 3.63) is 42.3 Å². The second kappa shape index (κ2) is 4.92. The number of nitrogens with zero attached hydrogens (tertiary/aromatic N) is 1. The van der Waals surface area contributed by atoms with E-state index in [4.69, 9.17) is 4.42 Å². The molecule has 0 fully saturated rings. The second-order valence-corrected chi connectivity index (χ2v) is 5.16. The van der Waals surface area contributed by atoms with Crippen molar-refractivity contribution >= 4 is 21.4 Å². The average Bonchev–Trinajstić information content (AvgIpc) is 3.02. The molecule has 3 nitrogen and oxygen atoms in total. The second-order valence-electron chi connectivity index (χ2n) is 4.07. The number of hydrogen-bond acceptors (Lipinski definition) is 4. The smallest absolute Gasteiger partial charge is 0.236 e. The molecular weight excluding hydrogens is 244 g/mol. The molecule has 4 heteroatoms. The van der Waals surface area contributed by atoms with E-state index in [1.807, 2.05) is 6.07 Å². The van der Waals surface area contributed by atoms with Crippen molar-refractivity contribution in [2.24, 2.45) is 0 Å². The zero-order chi connectivity index (χ0) is 12.4. The number of aromatic nitrogens is 1. The van der Waals surface area contributed by atoms with Crippen LogP contribution in [0.5, 0.6) is 0 Å². The number of oxazole rings is 1. The van der Waals surface area contributed by atoms with Crippen molar-refractivity contribution in [1.29, 1.82) is 0 Å². The van der Waals surface area contributed by atoms with Gasteiger partial charge in [0.15, 0.2) is 0 Å². The maximum Gasteiger partial charge on any atom is 0.236 e. The third-order valence-electron chi connectivity index (χ3n) is 2.74. The maximum atomic E-state index is 5.54. The molecule has 0 bridgehead atoms. The molecule has 0 aliphatic carbocycles. The van der Waals surface area contributed by atoms with Gasteiger partial charge in [0.1, 0.15) is 6.26 Å². The van der Waals surface area contributed by atoms with E-state index in [0.29, 0.717) is 5.89 Å². The number of benzene rings is 1. The fourth-order valence-corrected chi connectivity index (χ4v) is 2.84. The molecule has 1 N–H and O–H groups in total. The van der Waals surface area contributed by atoms with Crippen molar-refractivity contribution in [1.82, 2.24) is 10.3 Å². The summed E-state index contributed by atoms with van der Waals surface area (Å²) in [6.07, 6.45) is 1.72. The molecule has 2 heterocycles. The fourth-order valence-electron chi connectivity index (χ4n) is 1.84. The Morgan fingerprint density at radius 3 is 3.06 bits per heavy atom.